The molecule has 0 fully saturated rings. The Morgan fingerprint density at radius 1 is 1.14 bits per heavy atom. The zero-order valence-corrected chi connectivity index (χ0v) is 22.8. The molecule has 0 radical (unpaired) electrons. The molecule has 0 saturated heterocycles. The van der Waals surface area contributed by atoms with E-state index in [-0.39, 0.29) is 18.0 Å². The molecule has 2 aliphatic heterocycles. The molecule has 4 rings (SSSR count). The maximum absolute atomic E-state index is 12.8. The summed E-state index contributed by atoms with van der Waals surface area (Å²) in [5.41, 5.74) is 1.87. The smallest absolute Gasteiger partial charge is 0.283 e. The van der Waals surface area contributed by atoms with E-state index in [0.717, 1.165) is 22.8 Å². The van der Waals surface area contributed by atoms with E-state index in [1.807, 2.05) is 38.1 Å². The van der Waals surface area contributed by atoms with E-state index in [1.54, 1.807) is 18.2 Å². The highest BCUT2D eigenvalue weighted by atomic mass is 35.5. The number of nitrogens with one attached hydrogen (secondary N) is 1. The third-order valence-electron chi connectivity index (χ3n) is 5.34. The summed E-state index contributed by atoms with van der Waals surface area (Å²) < 4.78 is 17.4. The fourth-order valence-corrected chi connectivity index (χ4v) is 5.01. The van der Waals surface area contributed by atoms with E-state index in [9.17, 15) is 4.79 Å². The number of benzene rings is 2. The van der Waals surface area contributed by atoms with Crippen molar-refractivity contribution in [3.8, 4) is 17.2 Å². The standard InChI is InChI=1S/C27H29ClN4O4S/c1-5-34-22-15-18(14-21(28)24(22)36-11-10-35-19-8-6-17(4)7-9-19)13-20-25(29)32-27(30-26(20)33)37-23(31-32)12-16(2)3/h6-9,13-16,29H,5,10-12H2,1-4H3/b20-13-,29-25?. The predicted molar refractivity (Wildman–Crippen MR) is 149 cm³/mol. The van der Waals surface area contributed by atoms with Gasteiger partial charge in [-0.15, -0.1) is 0 Å². The van der Waals surface area contributed by atoms with Crippen LogP contribution in [0.3, 0.4) is 0 Å². The van der Waals surface area contributed by atoms with Gasteiger partial charge in [0.1, 0.15) is 24.0 Å². The quantitative estimate of drug-likeness (QED) is 0.286. The second-order valence-electron chi connectivity index (χ2n) is 8.88. The number of rotatable bonds is 10. The summed E-state index contributed by atoms with van der Waals surface area (Å²) in [6.07, 6.45) is 2.33. The van der Waals surface area contributed by atoms with Gasteiger partial charge < -0.3 is 14.2 Å². The van der Waals surface area contributed by atoms with Crippen molar-refractivity contribution in [2.45, 2.75) is 34.1 Å². The molecular weight excluding hydrogens is 512 g/mol. The van der Waals surface area contributed by atoms with Gasteiger partial charge in [0, 0.05) is 6.42 Å². The lowest BCUT2D eigenvalue weighted by Gasteiger charge is -2.20. The van der Waals surface area contributed by atoms with Crippen LogP contribution in [-0.4, -0.2) is 46.8 Å². The Morgan fingerprint density at radius 3 is 2.57 bits per heavy atom. The van der Waals surface area contributed by atoms with Gasteiger partial charge in [-0.05, 0) is 67.4 Å². The number of aliphatic imine (C=N–C) groups is 1. The van der Waals surface area contributed by atoms with Crippen molar-refractivity contribution in [1.82, 2.24) is 5.01 Å². The first-order valence-corrected chi connectivity index (χ1v) is 13.2. The third-order valence-corrected chi connectivity index (χ3v) is 6.55. The van der Waals surface area contributed by atoms with Gasteiger partial charge in [0.2, 0.25) is 5.17 Å². The number of ether oxygens (including phenoxy) is 3. The van der Waals surface area contributed by atoms with Gasteiger partial charge in [-0.3, -0.25) is 10.2 Å². The lowest BCUT2D eigenvalue weighted by Crippen LogP contribution is -2.35. The average molecular weight is 541 g/mol. The van der Waals surface area contributed by atoms with Crippen LogP contribution in [0.15, 0.2) is 52.1 Å². The van der Waals surface area contributed by atoms with Crippen molar-refractivity contribution >= 4 is 51.4 Å². The summed E-state index contributed by atoms with van der Waals surface area (Å²) in [4.78, 5) is 16.9. The van der Waals surface area contributed by atoms with Gasteiger partial charge in [-0.1, -0.05) is 43.1 Å². The first kappa shape index (κ1) is 26.8. The van der Waals surface area contributed by atoms with Crippen LogP contribution in [0.25, 0.3) is 6.08 Å². The molecule has 37 heavy (non-hydrogen) atoms. The van der Waals surface area contributed by atoms with Crippen LogP contribution in [0.5, 0.6) is 17.2 Å². The van der Waals surface area contributed by atoms with Crippen LogP contribution in [0.2, 0.25) is 5.02 Å². The summed E-state index contributed by atoms with van der Waals surface area (Å²) in [6.45, 7) is 9.05. The molecule has 0 bridgehead atoms. The largest absolute Gasteiger partial charge is 0.490 e. The molecule has 0 spiro atoms. The summed E-state index contributed by atoms with van der Waals surface area (Å²) in [6, 6.07) is 11.2. The van der Waals surface area contributed by atoms with Crippen molar-refractivity contribution in [2.24, 2.45) is 16.0 Å². The molecule has 1 N–H and O–H groups in total. The van der Waals surface area contributed by atoms with Crippen molar-refractivity contribution in [1.29, 1.82) is 5.41 Å². The predicted octanol–water partition coefficient (Wildman–Crippen LogP) is 6.17. The van der Waals surface area contributed by atoms with Gasteiger partial charge in [0.05, 0.1) is 17.2 Å². The van der Waals surface area contributed by atoms with Crippen LogP contribution < -0.4 is 14.2 Å². The number of halogens is 1. The van der Waals surface area contributed by atoms with Gasteiger partial charge >= 0.3 is 0 Å². The van der Waals surface area contributed by atoms with E-state index < -0.39 is 5.91 Å². The Morgan fingerprint density at radius 2 is 1.86 bits per heavy atom. The molecule has 0 atom stereocenters. The fourth-order valence-electron chi connectivity index (χ4n) is 3.64. The summed E-state index contributed by atoms with van der Waals surface area (Å²) in [7, 11) is 0. The number of aryl methyl sites for hydroxylation is 1. The number of nitrogens with zero attached hydrogens (tertiary/aromatic N) is 3. The molecule has 2 aromatic rings. The zero-order valence-electron chi connectivity index (χ0n) is 21.2. The third kappa shape index (κ3) is 6.53. The molecule has 0 saturated carbocycles. The molecule has 194 valence electrons. The molecule has 10 heteroatoms. The Hall–Kier alpha value is -3.30. The Bertz CT molecular complexity index is 1290. The molecule has 2 aliphatic rings. The van der Waals surface area contributed by atoms with Gasteiger partial charge in [-0.25, -0.2) is 0 Å². The molecule has 0 unspecified atom stereocenters. The Kier molecular flexibility index (Phi) is 8.56. The highest BCUT2D eigenvalue weighted by Gasteiger charge is 2.35. The van der Waals surface area contributed by atoms with E-state index in [0.29, 0.717) is 46.4 Å². The topological polar surface area (TPSA) is 96.6 Å². The number of hydrogen-bond donors (Lipinski definition) is 1. The molecule has 8 nitrogen and oxygen atoms in total. The monoisotopic (exact) mass is 540 g/mol. The van der Waals surface area contributed by atoms with E-state index in [2.05, 4.69) is 23.9 Å². The number of fused-ring (bicyclic) bond motifs is 1. The second kappa shape index (κ2) is 11.8. The van der Waals surface area contributed by atoms with Crippen LogP contribution in [0, 0.1) is 18.3 Å². The number of thioether (sulfide) groups is 1. The van der Waals surface area contributed by atoms with E-state index >= 15 is 0 Å². The molecule has 1 amide bonds. The summed E-state index contributed by atoms with van der Waals surface area (Å²) >= 11 is 7.88. The van der Waals surface area contributed by atoms with E-state index in [4.69, 9.17) is 31.2 Å². The maximum atomic E-state index is 12.8. The van der Waals surface area contributed by atoms with Gasteiger partial charge in [0.15, 0.2) is 17.3 Å². The highest BCUT2D eigenvalue weighted by Crippen LogP contribution is 2.38. The summed E-state index contributed by atoms with van der Waals surface area (Å²) in [5.74, 6) is 1.47. The number of carbonyl (C=O) groups excluding carboxylic acids is 1. The van der Waals surface area contributed by atoms with Crippen LogP contribution in [-0.2, 0) is 4.79 Å². The maximum Gasteiger partial charge on any atom is 0.283 e. The van der Waals surface area contributed by atoms with Crippen molar-refractivity contribution in [3.05, 3.63) is 58.1 Å². The summed E-state index contributed by atoms with van der Waals surface area (Å²) in [5, 5.41) is 16.0. The number of amides is 1. The van der Waals surface area contributed by atoms with Crippen molar-refractivity contribution < 1.29 is 19.0 Å². The number of hydrogen-bond acceptors (Lipinski definition) is 7. The molecule has 0 aromatic heterocycles. The van der Waals surface area contributed by atoms with Crippen LogP contribution >= 0.6 is 23.4 Å². The lowest BCUT2D eigenvalue weighted by molar-refractivity contribution is -0.114. The Balaban J connectivity index is 1.50. The fraction of sp³-hybridized carbons (Fsp3) is 0.333. The Labute approximate surface area is 225 Å². The first-order chi connectivity index (χ1) is 17.7. The zero-order chi connectivity index (χ0) is 26.5. The second-order valence-corrected chi connectivity index (χ2v) is 10.3. The van der Waals surface area contributed by atoms with Gasteiger partial charge in [-0.2, -0.15) is 15.1 Å². The minimum atomic E-state index is -0.493. The minimum absolute atomic E-state index is 0.0241. The number of carbonyl (C=O) groups is 1. The SMILES string of the molecule is CCOc1cc(/C=C2/C(=N)N3N=C(CC(C)C)SC3=NC2=O)cc(Cl)c1OCCOc1ccc(C)cc1. The lowest BCUT2D eigenvalue weighted by atomic mass is 10.1. The minimum Gasteiger partial charge on any atom is -0.490 e. The molecule has 2 heterocycles. The van der Waals surface area contributed by atoms with Crippen LogP contribution in [0.4, 0.5) is 0 Å². The molecule has 2 aromatic carbocycles. The normalized spacial score (nSPS) is 16.2. The highest BCUT2D eigenvalue weighted by molar-refractivity contribution is 8.26. The number of amidine groups is 2. The van der Waals surface area contributed by atoms with Crippen LogP contribution in [0.1, 0.15) is 38.3 Å². The van der Waals surface area contributed by atoms with Crippen molar-refractivity contribution in [2.75, 3.05) is 19.8 Å². The van der Waals surface area contributed by atoms with E-state index in [1.165, 1.54) is 16.8 Å². The van der Waals surface area contributed by atoms with Gasteiger partial charge in [0.25, 0.3) is 5.91 Å². The molecular formula is C27H29ClN4O4S. The number of hydrazone groups is 1. The molecule has 0 aliphatic carbocycles. The first-order valence-electron chi connectivity index (χ1n) is 12.0. The average Bonchev–Trinajstić information content (AvgIpc) is 3.23. The van der Waals surface area contributed by atoms with Crippen molar-refractivity contribution in [3.63, 3.8) is 0 Å².